The molecule has 0 bridgehead atoms. The Morgan fingerprint density at radius 2 is 2.11 bits per heavy atom. The van der Waals surface area contributed by atoms with Crippen LogP contribution in [0.4, 0.5) is 9.18 Å². The second kappa shape index (κ2) is 13.2. The van der Waals surface area contributed by atoms with Gasteiger partial charge in [0.2, 0.25) is 0 Å². The van der Waals surface area contributed by atoms with Gasteiger partial charge in [0.15, 0.2) is 0 Å². The second-order valence-corrected chi connectivity index (χ2v) is 9.01. The Morgan fingerprint density at radius 1 is 1.34 bits per heavy atom. The first-order valence-electron chi connectivity index (χ1n) is 11.4. The van der Waals surface area contributed by atoms with E-state index in [0.29, 0.717) is 30.7 Å². The van der Waals surface area contributed by atoms with Crippen LogP contribution >= 0.6 is 0 Å². The maximum Gasteiger partial charge on any atom is 0.411 e. The normalized spacial score (nSPS) is 16.6. The van der Waals surface area contributed by atoms with Gasteiger partial charge in [0, 0.05) is 43.7 Å². The second-order valence-electron chi connectivity index (χ2n) is 9.01. The fourth-order valence-corrected chi connectivity index (χ4v) is 3.54. The van der Waals surface area contributed by atoms with Crippen molar-refractivity contribution in [3.8, 4) is 0 Å². The molecule has 8 nitrogen and oxygen atoms in total. The maximum atomic E-state index is 14.7. The quantitative estimate of drug-likeness (QED) is 0.422. The summed E-state index contributed by atoms with van der Waals surface area (Å²) in [5.74, 6) is 0.119. The number of nitrogens with zero attached hydrogens (tertiary/aromatic N) is 3. The fourth-order valence-electron chi connectivity index (χ4n) is 3.54. The van der Waals surface area contributed by atoms with Gasteiger partial charge in [0.25, 0.3) is 0 Å². The number of fused-ring (bicyclic) bond motifs is 1. The van der Waals surface area contributed by atoms with Gasteiger partial charge in [-0.15, -0.1) is 0 Å². The molecule has 188 valence electrons. The van der Waals surface area contributed by atoms with Crippen LogP contribution in [0.5, 0.6) is 0 Å². The highest BCUT2D eigenvalue weighted by molar-refractivity contribution is 6.00. The number of carbonyl (C=O) groups excluding carboxylic acids is 1. The van der Waals surface area contributed by atoms with Crippen LogP contribution in [-0.4, -0.2) is 37.5 Å². The van der Waals surface area contributed by atoms with Gasteiger partial charge >= 0.3 is 6.09 Å². The Hall–Kier alpha value is -3.75. The van der Waals surface area contributed by atoms with E-state index in [0.717, 1.165) is 28.7 Å². The van der Waals surface area contributed by atoms with E-state index >= 15 is 0 Å². The molecule has 0 unspecified atom stereocenters. The van der Waals surface area contributed by atoms with Gasteiger partial charge in [-0.3, -0.25) is 20.7 Å². The summed E-state index contributed by atoms with van der Waals surface area (Å²) in [6.07, 6.45) is 8.50. The molecule has 0 aromatic heterocycles. The number of halogens is 1. The van der Waals surface area contributed by atoms with Crippen LogP contribution in [0.2, 0.25) is 0 Å². The predicted molar refractivity (Wildman–Crippen MR) is 140 cm³/mol. The largest absolute Gasteiger partial charge is 0.444 e. The third kappa shape index (κ3) is 9.19. The summed E-state index contributed by atoms with van der Waals surface area (Å²) < 4.78 is 20.0. The number of hydrogen-bond donors (Lipinski definition) is 3. The lowest BCUT2D eigenvalue weighted by atomic mass is 9.98. The van der Waals surface area contributed by atoms with Crippen LogP contribution < -0.4 is 16.5 Å². The zero-order valence-corrected chi connectivity index (χ0v) is 20.9. The van der Waals surface area contributed by atoms with Crippen molar-refractivity contribution in [3.63, 3.8) is 0 Å². The molecule has 4 N–H and O–H groups in total. The van der Waals surface area contributed by atoms with Gasteiger partial charge in [-0.05, 0) is 69.0 Å². The Balaban J connectivity index is 2.55. The minimum absolute atomic E-state index is 0.135. The van der Waals surface area contributed by atoms with Gasteiger partial charge in [0.1, 0.15) is 17.3 Å². The number of aliphatic imine (C=N–C) groups is 2. The van der Waals surface area contributed by atoms with Gasteiger partial charge in [-0.25, -0.2) is 9.18 Å². The zero-order chi connectivity index (χ0) is 25.8. The molecule has 0 spiro atoms. The molecule has 1 aliphatic heterocycles. The Morgan fingerprint density at radius 3 is 2.77 bits per heavy atom. The summed E-state index contributed by atoms with van der Waals surface area (Å²) in [5, 5.41) is 6.50. The number of allylic oxidation sites excluding steroid dienone is 3. The van der Waals surface area contributed by atoms with Crippen molar-refractivity contribution >= 4 is 24.9 Å². The summed E-state index contributed by atoms with van der Waals surface area (Å²) in [5.41, 5.74) is 11.8. The van der Waals surface area contributed by atoms with Crippen molar-refractivity contribution in [2.75, 3.05) is 7.05 Å². The topological polar surface area (TPSA) is 113 Å². The molecule has 35 heavy (non-hydrogen) atoms. The molecular formula is C26H35FN6O2. The zero-order valence-electron chi connectivity index (χ0n) is 20.9. The van der Waals surface area contributed by atoms with Gasteiger partial charge in [0.05, 0.1) is 6.54 Å². The molecule has 0 saturated carbocycles. The molecular weight excluding hydrogens is 447 g/mol. The third-order valence-electron chi connectivity index (χ3n) is 5.05. The lowest BCUT2D eigenvalue weighted by Crippen LogP contribution is -2.30. The Kier molecular flexibility index (Phi) is 10.4. The van der Waals surface area contributed by atoms with Crippen LogP contribution in [0.15, 0.2) is 68.5 Å². The minimum Gasteiger partial charge on any atom is -0.444 e. The molecule has 2 rings (SSSR count). The van der Waals surface area contributed by atoms with Crippen molar-refractivity contribution in [3.05, 3.63) is 70.3 Å². The number of nitrogens with one attached hydrogen (secondary N) is 2. The molecule has 9 heteroatoms. The highest BCUT2D eigenvalue weighted by Crippen LogP contribution is 2.23. The van der Waals surface area contributed by atoms with E-state index in [4.69, 9.17) is 10.5 Å². The number of aryl methyl sites for hydroxylation is 1. The van der Waals surface area contributed by atoms with Crippen LogP contribution in [0.1, 0.15) is 51.2 Å². The summed E-state index contributed by atoms with van der Waals surface area (Å²) in [6.45, 7) is 9.05. The van der Waals surface area contributed by atoms with E-state index in [9.17, 15) is 9.18 Å². The minimum atomic E-state index is -0.620. The SMILES string of the molecule is C=NNC1=NCc2c(F)cccc2CCC/C(=C\NC(=O)OC(C)(C)C)C=C1CC(C=NC)=CN. The van der Waals surface area contributed by atoms with Gasteiger partial charge in [-0.1, -0.05) is 18.2 Å². The smallest absolute Gasteiger partial charge is 0.411 e. The van der Waals surface area contributed by atoms with E-state index in [1.165, 1.54) is 12.3 Å². The van der Waals surface area contributed by atoms with Crippen LogP contribution in [0, 0.1) is 5.82 Å². The van der Waals surface area contributed by atoms with E-state index in [1.807, 2.05) is 12.1 Å². The number of amides is 1. The molecule has 0 saturated heterocycles. The number of ether oxygens (including phenoxy) is 1. The van der Waals surface area contributed by atoms with Crippen molar-refractivity contribution in [2.24, 2.45) is 20.8 Å². The van der Waals surface area contributed by atoms with E-state index in [-0.39, 0.29) is 12.4 Å². The average molecular weight is 483 g/mol. The summed E-state index contributed by atoms with van der Waals surface area (Å²) in [7, 11) is 1.66. The van der Waals surface area contributed by atoms with Crippen molar-refractivity contribution in [1.29, 1.82) is 0 Å². The van der Waals surface area contributed by atoms with Gasteiger partial charge < -0.3 is 10.5 Å². The molecule has 0 fully saturated rings. The molecule has 0 atom stereocenters. The van der Waals surface area contributed by atoms with Crippen LogP contribution in [0.25, 0.3) is 0 Å². The van der Waals surface area contributed by atoms with E-state index < -0.39 is 11.7 Å². The molecule has 1 aromatic carbocycles. The number of benzene rings is 1. The molecule has 1 aliphatic rings. The first-order chi connectivity index (χ1) is 16.7. The molecule has 1 heterocycles. The van der Waals surface area contributed by atoms with Crippen molar-refractivity contribution in [2.45, 2.75) is 58.6 Å². The molecule has 1 aromatic rings. The number of rotatable bonds is 5. The molecule has 0 radical (unpaired) electrons. The molecule has 0 aliphatic carbocycles. The maximum absolute atomic E-state index is 14.7. The standard InChI is InChI=1S/C26H35FN6O2/c1-26(2,3)35-25(34)32-16-18-8-6-9-20-10-7-11-23(27)22(20)17-31-24(33-30-5)21(12-18)13-19(14-28)15-29-4/h7,10-12,14-16H,5-6,8-9,13,17,28H2,1-4H3,(H,31,33)(H,32,34)/b18-16+,19-14?,21-12?,29-15?. The summed E-state index contributed by atoms with van der Waals surface area (Å²) in [4.78, 5) is 20.9. The van der Waals surface area contributed by atoms with Crippen LogP contribution in [0.3, 0.4) is 0 Å². The highest BCUT2D eigenvalue weighted by Gasteiger charge is 2.17. The Bertz CT molecular complexity index is 1060. The van der Waals surface area contributed by atoms with E-state index in [1.54, 1.807) is 46.3 Å². The number of hydrazone groups is 1. The number of carbonyl (C=O) groups is 1. The first kappa shape index (κ1) is 27.5. The lowest BCUT2D eigenvalue weighted by Gasteiger charge is -2.19. The predicted octanol–water partition coefficient (Wildman–Crippen LogP) is 4.53. The third-order valence-corrected chi connectivity index (χ3v) is 5.05. The monoisotopic (exact) mass is 482 g/mol. The van der Waals surface area contributed by atoms with Gasteiger partial charge in [-0.2, -0.15) is 5.10 Å². The average Bonchev–Trinajstić information content (AvgIpc) is 2.81. The summed E-state index contributed by atoms with van der Waals surface area (Å²) >= 11 is 0. The number of hydrogen-bond acceptors (Lipinski definition) is 7. The number of amidine groups is 1. The molecule has 1 amide bonds. The number of alkyl carbamates (subject to hydrolysis) is 1. The lowest BCUT2D eigenvalue weighted by molar-refractivity contribution is 0.0552. The highest BCUT2D eigenvalue weighted by atomic mass is 19.1. The van der Waals surface area contributed by atoms with Crippen molar-refractivity contribution in [1.82, 2.24) is 10.7 Å². The summed E-state index contributed by atoms with van der Waals surface area (Å²) in [6, 6.07) is 5.05. The Labute approximate surface area is 206 Å². The first-order valence-corrected chi connectivity index (χ1v) is 11.4. The van der Waals surface area contributed by atoms with E-state index in [2.05, 4.69) is 32.5 Å². The van der Waals surface area contributed by atoms with Crippen LogP contribution in [-0.2, 0) is 17.7 Å². The fraction of sp³-hybridized carbons (Fsp3) is 0.385. The number of nitrogens with two attached hydrogens (primary N) is 1. The van der Waals surface area contributed by atoms with Crippen molar-refractivity contribution < 1.29 is 13.9 Å².